The van der Waals surface area contributed by atoms with Crippen LogP contribution in [0.2, 0.25) is 0 Å². The molecule has 0 radical (unpaired) electrons. The molecule has 0 aliphatic carbocycles. The molecular weight excluding hydrogens is 314 g/mol. The van der Waals surface area contributed by atoms with E-state index in [2.05, 4.69) is 12.2 Å². The van der Waals surface area contributed by atoms with Crippen molar-refractivity contribution < 1.29 is 13.2 Å². The topological polar surface area (TPSA) is 69.7 Å². The van der Waals surface area contributed by atoms with Gasteiger partial charge in [0.25, 0.3) is 0 Å². The van der Waals surface area contributed by atoms with E-state index in [0.29, 0.717) is 37.6 Å². The molecule has 7 heteroatoms. The van der Waals surface area contributed by atoms with Crippen molar-refractivity contribution in [3.05, 3.63) is 30.3 Å². The van der Waals surface area contributed by atoms with E-state index in [9.17, 15) is 13.2 Å². The molecule has 0 spiro atoms. The lowest BCUT2D eigenvalue weighted by Gasteiger charge is -2.34. The molecule has 1 fully saturated rings. The molecular formula is C16H25N3O3S. The molecule has 1 N–H and O–H groups in total. The fraction of sp³-hybridized carbons (Fsp3) is 0.562. The Labute approximate surface area is 138 Å². The Morgan fingerprint density at radius 3 is 2.35 bits per heavy atom. The highest BCUT2D eigenvalue weighted by molar-refractivity contribution is 7.89. The van der Waals surface area contributed by atoms with Crippen LogP contribution in [0.15, 0.2) is 35.2 Å². The van der Waals surface area contributed by atoms with Crippen LogP contribution in [0.5, 0.6) is 0 Å². The molecule has 0 saturated carbocycles. The van der Waals surface area contributed by atoms with Crippen molar-refractivity contribution in [2.24, 2.45) is 0 Å². The number of sulfonamides is 1. The molecule has 1 aromatic rings. The molecule has 2 amide bonds. The van der Waals surface area contributed by atoms with Gasteiger partial charge in [0.1, 0.15) is 0 Å². The molecule has 1 saturated heterocycles. The summed E-state index contributed by atoms with van der Waals surface area (Å²) in [7, 11) is -3.46. The van der Waals surface area contributed by atoms with Crippen LogP contribution in [-0.4, -0.2) is 56.4 Å². The van der Waals surface area contributed by atoms with E-state index < -0.39 is 10.0 Å². The van der Waals surface area contributed by atoms with Gasteiger partial charge in [-0.25, -0.2) is 13.2 Å². The minimum Gasteiger partial charge on any atom is -0.338 e. The number of amides is 2. The molecule has 2 rings (SSSR count). The van der Waals surface area contributed by atoms with Crippen LogP contribution in [0.3, 0.4) is 0 Å². The average molecular weight is 339 g/mol. The van der Waals surface area contributed by atoms with Gasteiger partial charge in [0.2, 0.25) is 10.0 Å². The molecule has 128 valence electrons. The van der Waals surface area contributed by atoms with Crippen LogP contribution >= 0.6 is 0 Å². The monoisotopic (exact) mass is 339 g/mol. The quantitative estimate of drug-likeness (QED) is 0.805. The van der Waals surface area contributed by atoms with Gasteiger partial charge >= 0.3 is 6.03 Å². The Morgan fingerprint density at radius 2 is 1.74 bits per heavy atom. The Kier molecular flexibility index (Phi) is 6.41. The predicted molar refractivity (Wildman–Crippen MR) is 89.7 cm³/mol. The van der Waals surface area contributed by atoms with Gasteiger partial charge in [-0.15, -0.1) is 0 Å². The summed E-state index contributed by atoms with van der Waals surface area (Å²) in [6.07, 6.45) is 3.19. The largest absolute Gasteiger partial charge is 0.338 e. The van der Waals surface area contributed by atoms with Crippen molar-refractivity contribution in [1.82, 2.24) is 14.5 Å². The summed E-state index contributed by atoms with van der Waals surface area (Å²) in [5.74, 6) is 0. The maximum Gasteiger partial charge on any atom is 0.317 e. The van der Waals surface area contributed by atoms with Gasteiger partial charge < -0.3 is 10.2 Å². The zero-order valence-corrected chi connectivity index (χ0v) is 14.4. The number of nitrogens with zero attached hydrogens (tertiary/aromatic N) is 2. The fourth-order valence-electron chi connectivity index (χ4n) is 2.56. The van der Waals surface area contributed by atoms with E-state index in [0.717, 1.165) is 19.3 Å². The summed E-state index contributed by atoms with van der Waals surface area (Å²) in [5, 5.41) is 2.89. The number of carbonyl (C=O) groups is 1. The summed E-state index contributed by atoms with van der Waals surface area (Å²) < 4.78 is 26.5. The molecule has 6 nitrogen and oxygen atoms in total. The van der Waals surface area contributed by atoms with Gasteiger partial charge in [-0.3, -0.25) is 0 Å². The van der Waals surface area contributed by atoms with Crippen molar-refractivity contribution in [3.63, 3.8) is 0 Å². The zero-order chi connectivity index (χ0) is 16.7. The number of hydrogen-bond donors (Lipinski definition) is 1. The summed E-state index contributed by atoms with van der Waals surface area (Å²) in [4.78, 5) is 14.0. The van der Waals surface area contributed by atoms with Crippen LogP contribution in [-0.2, 0) is 10.0 Å². The van der Waals surface area contributed by atoms with Crippen LogP contribution in [0.25, 0.3) is 0 Å². The maximum atomic E-state index is 12.5. The van der Waals surface area contributed by atoms with Crippen molar-refractivity contribution in [1.29, 1.82) is 0 Å². The number of urea groups is 1. The van der Waals surface area contributed by atoms with E-state index in [1.807, 2.05) is 0 Å². The van der Waals surface area contributed by atoms with Gasteiger partial charge in [0.05, 0.1) is 4.90 Å². The van der Waals surface area contributed by atoms with Gasteiger partial charge in [0, 0.05) is 32.7 Å². The zero-order valence-electron chi connectivity index (χ0n) is 13.6. The molecule has 0 bridgehead atoms. The second-order valence-electron chi connectivity index (χ2n) is 5.64. The molecule has 1 heterocycles. The first kappa shape index (κ1) is 17.7. The van der Waals surface area contributed by atoms with Crippen LogP contribution in [0.1, 0.15) is 26.2 Å². The lowest BCUT2D eigenvalue weighted by Crippen LogP contribution is -2.53. The number of piperazine rings is 1. The Bertz CT molecular complexity index is 596. The summed E-state index contributed by atoms with van der Waals surface area (Å²) in [6.45, 7) is 4.31. The maximum absolute atomic E-state index is 12.5. The standard InChI is InChI=1S/C16H25N3O3S/c1-2-3-7-10-17-16(20)18-11-13-19(14-12-18)23(21,22)15-8-5-4-6-9-15/h4-6,8-9H,2-3,7,10-14H2,1H3,(H,17,20). The lowest BCUT2D eigenvalue weighted by atomic mass is 10.2. The Balaban J connectivity index is 1.85. The third-order valence-electron chi connectivity index (χ3n) is 3.96. The highest BCUT2D eigenvalue weighted by Crippen LogP contribution is 2.17. The van der Waals surface area contributed by atoms with Gasteiger partial charge in [-0.05, 0) is 18.6 Å². The first-order valence-electron chi connectivity index (χ1n) is 8.13. The summed E-state index contributed by atoms with van der Waals surface area (Å²) >= 11 is 0. The third-order valence-corrected chi connectivity index (χ3v) is 5.88. The predicted octanol–water partition coefficient (Wildman–Crippen LogP) is 1.89. The van der Waals surface area contributed by atoms with Crippen molar-refractivity contribution in [3.8, 4) is 0 Å². The molecule has 0 atom stereocenters. The van der Waals surface area contributed by atoms with E-state index in [1.165, 1.54) is 4.31 Å². The van der Waals surface area contributed by atoms with Crippen molar-refractivity contribution in [2.75, 3.05) is 32.7 Å². The van der Waals surface area contributed by atoms with Crippen molar-refractivity contribution in [2.45, 2.75) is 31.1 Å². The average Bonchev–Trinajstić information content (AvgIpc) is 2.59. The number of rotatable bonds is 6. The summed E-state index contributed by atoms with van der Waals surface area (Å²) in [6, 6.07) is 8.32. The highest BCUT2D eigenvalue weighted by Gasteiger charge is 2.29. The van der Waals surface area contributed by atoms with E-state index >= 15 is 0 Å². The SMILES string of the molecule is CCCCCNC(=O)N1CCN(S(=O)(=O)c2ccccc2)CC1. The second kappa shape index (κ2) is 8.31. The van der Waals surface area contributed by atoms with Gasteiger partial charge in [-0.1, -0.05) is 38.0 Å². The smallest absolute Gasteiger partial charge is 0.317 e. The Hall–Kier alpha value is -1.60. The minimum atomic E-state index is -3.46. The third kappa shape index (κ3) is 4.68. The lowest BCUT2D eigenvalue weighted by molar-refractivity contribution is 0.172. The van der Waals surface area contributed by atoms with Gasteiger partial charge in [-0.2, -0.15) is 4.31 Å². The fourth-order valence-corrected chi connectivity index (χ4v) is 4.00. The van der Waals surface area contributed by atoms with E-state index in [1.54, 1.807) is 35.2 Å². The van der Waals surface area contributed by atoms with Crippen LogP contribution < -0.4 is 5.32 Å². The van der Waals surface area contributed by atoms with E-state index in [4.69, 9.17) is 0 Å². The first-order chi connectivity index (χ1) is 11.1. The van der Waals surface area contributed by atoms with E-state index in [-0.39, 0.29) is 6.03 Å². The molecule has 1 aliphatic rings. The molecule has 0 aromatic heterocycles. The van der Waals surface area contributed by atoms with Crippen LogP contribution in [0.4, 0.5) is 4.79 Å². The number of carbonyl (C=O) groups excluding carboxylic acids is 1. The molecule has 1 aromatic carbocycles. The van der Waals surface area contributed by atoms with Crippen molar-refractivity contribution >= 4 is 16.1 Å². The Morgan fingerprint density at radius 1 is 1.09 bits per heavy atom. The number of benzene rings is 1. The summed E-state index contributed by atoms with van der Waals surface area (Å²) in [5.41, 5.74) is 0. The minimum absolute atomic E-state index is 0.0992. The molecule has 23 heavy (non-hydrogen) atoms. The highest BCUT2D eigenvalue weighted by atomic mass is 32.2. The molecule has 0 unspecified atom stereocenters. The number of nitrogens with one attached hydrogen (secondary N) is 1. The number of hydrogen-bond acceptors (Lipinski definition) is 3. The van der Waals surface area contributed by atoms with Gasteiger partial charge in [0.15, 0.2) is 0 Å². The second-order valence-corrected chi connectivity index (χ2v) is 7.58. The van der Waals surface area contributed by atoms with Crippen LogP contribution in [0, 0.1) is 0 Å². The molecule has 1 aliphatic heterocycles. The normalized spacial score (nSPS) is 16.3. The number of unbranched alkanes of at least 4 members (excludes halogenated alkanes) is 2. The first-order valence-corrected chi connectivity index (χ1v) is 9.57.